The van der Waals surface area contributed by atoms with E-state index >= 15 is 0 Å². The highest BCUT2D eigenvalue weighted by molar-refractivity contribution is 7.99. The summed E-state index contributed by atoms with van der Waals surface area (Å²) in [5.41, 5.74) is 1.96. The van der Waals surface area contributed by atoms with Crippen molar-refractivity contribution in [3.63, 3.8) is 0 Å². The normalized spacial score (nSPS) is 10.7. The van der Waals surface area contributed by atoms with E-state index in [1.165, 1.54) is 23.9 Å². The maximum absolute atomic E-state index is 12.9. The van der Waals surface area contributed by atoms with E-state index in [-0.39, 0.29) is 17.5 Å². The van der Waals surface area contributed by atoms with Crippen molar-refractivity contribution >= 4 is 29.3 Å². The van der Waals surface area contributed by atoms with Gasteiger partial charge in [-0.15, -0.1) is 0 Å². The van der Waals surface area contributed by atoms with Gasteiger partial charge >= 0.3 is 0 Å². The zero-order chi connectivity index (χ0) is 18.4. The van der Waals surface area contributed by atoms with E-state index in [4.69, 9.17) is 11.6 Å². The smallest absolute Gasteiger partial charge is 0.230 e. The fourth-order valence-corrected chi connectivity index (χ4v) is 3.24. The SMILES string of the molecule is O=C(CSc1nccn1Cc1ccc(Cl)cc1)NCc1ccc(F)cc1. The van der Waals surface area contributed by atoms with Crippen molar-refractivity contribution < 1.29 is 9.18 Å². The van der Waals surface area contributed by atoms with Gasteiger partial charge < -0.3 is 9.88 Å². The Hall–Kier alpha value is -2.31. The molecule has 4 nitrogen and oxygen atoms in total. The molecular formula is C19H17ClFN3OS. The highest BCUT2D eigenvalue weighted by atomic mass is 35.5. The third-order valence-electron chi connectivity index (χ3n) is 3.68. The van der Waals surface area contributed by atoms with Gasteiger partial charge in [0, 0.05) is 30.5 Å². The number of hydrogen-bond acceptors (Lipinski definition) is 3. The number of nitrogens with one attached hydrogen (secondary N) is 1. The molecule has 3 rings (SSSR count). The number of nitrogens with zero attached hydrogens (tertiary/aromatic N) is 2. The van der Waals surface area contributed by atoms with Crippen LogP contribution in [0, 0.1) is 5.82 Å². The predicted octanol–water partition coefficient (Wildman–Crippen LogP) is 4.13. The van der Waals surface area contributed by atoms with Crippen LogP contribution in [0.2, 0.25) is 5.02 Å². The number of carbonyl (C=O) groups excluding carboxylic acids is 1. The van der Waals surface area contributed by atoms with E-state index in [1.807, 2.05) is 35.0 Å². The maximum Gasteiger partial charge on any atom is 0.230 e. The Morgan fingerprint density at radius 3 is 2.54 bits per heavy atom. The van der Waals surface area contributed by atoms with Crippen molar-refractivity contribution in [1.29, 1.82) is 0 Å². The molecule has 0 unspecified atom stereocenters. The zero-order valence-electron chi connectivity index (χ0n) is 13.9. The molecule has 7 heteroatoms. The second-order valence-corrected chi connectivity index (χ2v) is 7.03. The molecule has 0 aliphatic heterocycles. The summed E-state index contributed by atoms with van der Waals surface area (Å²) < 4.78 is 14.9. The van der Waals surface area contributed by atoms with Gasteiger partial charge in [-0.1, -0.05) is 47.6 Å². The first-order valence-corrected chi connectivity index (χ1v) is 9.36. The highest BCUT2D eigenvalue weighted by Crippen LogP contribution is 2.18. The average molecular weight is 390 g/mol. The van der Waals surface area contributed by atoms with Gasteiger partial charge in [0.1, 0.15) is 5.82 Å². The second-order valence-electron chi connectivity index (χ2n) is 5.66. The molecule has 2 aromatic carbocycles. The summed E-state index contributed by atoms with van der Waals surface area (Å²) in [6.45, 7) is 1.04. The summed E-state index contributed by atoms with van der Waals surface area (Å²) in [5.74, 6) is -0.123. The first kappa shape index (κ1) is 18.5. The highest BCUT2D eigenvalue weighted by Gasteiger charge is 2.08. The molecule has 0 atom stereocenters. The quantitative estimate of drug-likeness (QED) is 0.618. The van der Waals surface area contributed by atoms with Crippen LogP contribution >= 0.6 is 23.4 Å². The number of thioether (sulfide) groups is 1. The molecule has 0 saturated heterocycles. The molecule has 0 saturated carbocycles. The van der Waals surface area contributed by atoms with E-state index < -0.39 is 0 Å². The molecule has 26 heavy (non-hydrogen) atoms. The monoisotopic (exact) mass is 389 g/mol. The van der Waals surface area contributed by atoms with E-state index in [0.29, 0.717) is 18.1 Å². The topological polar surface area (TPSA) is 46.9 Å². The Bertz CT molecular complexity index is 865. The molecule has 0 fully saturated rings. The minimum atomic E-state index is -0.289. The summed E-state index contributed by atoms with van der Waals surface area (Å²) in [6.07, 6.45) is 3.60. The molecule has 1 heterocycles. The van der Waals surface area contributed by atoms with E-state index in [0.717, 1.165) is 16.3 Å². The molecule has 0 aliphatic carbocycles. The van der Waals surface area contributed by atoms with Gasteiger partial charge in [-0.05, 0) is 35.4 Å². The van der Waals surface area contributed by atoms with Crippen molar-refractivity contribution in [2.45, 2.75) is 18.2 Å². The first-order valence-electron chi connectivity index (χ1n) is 8.00. The molecule has 0 radical (unpaired) electrons. The number of amides is 1. The van der Waals surface area contributed by atoms with Gasteiger partial charge in [0.25, 0.3) is 0 Å². The Morgan fingerprint density at radius 1 is 1.12 bits per heavy atom. The Kier molecular flexibility index (Phi) is 6.30. The lowest BCUT2D eigenvalue weighted by atomic mass is 10.2. The summed E-state index contributed by atoms with van der Waals surface area (Å²) in [5, 5.41) is 4.30. The van der Waals surface area contributed by atoms with Gasteiger partial charge in [0.05, 0.1) is 5.75 Å². The van der Waals surface area contributed by atoms with Crippen LogP contribution in [0.25, 0.3) is 0 Å². The largest absolute Gasteiger partial charge is 0.351 e. The molecule has 0 aliphatic rings. The van der Waals surface area contributed by atoms with Gasteiger partial charge in [0.2, 0.25) is 5.91 Å². The van der Waals surface area contributed by atoms with Crippen LogP contribution in [0.3, 0.4) is 0 Å². The number of halogens is 2. The van der Waals surface area contributed by atoms with Crippen molar-refractivity contribution in [1.82, 2.24) is 14.9 Å². The van der Waals surface area contributed by atoms with Crippen LogP contribution in [0.1, 0.15) is 11.1 Å². The lowest BCUT2D eigenvalue weighted by molar-refractivity contribution is -0.118. The van der Waals surface area contributed by atoms with Crippen LogP contribution in [0.15, 0.2) is 66.1 Å². The number of hydrogen-bond donors (Lipinski definition) is 1. The van der Waals surface area contributed by atoms with Crippen molar-refractivity contribution in [3.8, 4) is 0 Å². The van der Waals surface area contributed by atoms with Crippen LogP contribution < -0.4 is 5.32 Å². The molecule has 1 N–H and O–H groups in total. The Balaban J connectivity index is 1.50. The molecule has 134 valence electrons. The third kappa shape index (κ3) is 5.34. The zero-order valence-corrected chi connectivity index (χ0v) is 15.4. The van der Waals surface area contributed by atoms with Crippen LogP contribution in [-0.4, -0.2) is 21.2 Å². The summed E-state index contributed by atoms with van der Waals surface area (Å²) in [4.78, 5) is 16.3. The minimum Gasteiger partial charge on any atom is -0.351 e. The fraction of sp³-hybridized carbons (Fsp3) is 0.158. The summed E-state index contributed by atoms with van der Waals surface area (Å²) >= 11 is 7.28. The minimum absolute atomic E-state index is 0.0969. The molecule has 1 aromatic heterocycles. The van der Waals surface area contributed by atoms with Crippen molar-refractivity contribution in [2.24, 2.45) is 0 Å². The van der Waals surface area contributed by atoms with E-state index in [1.54, 1.807) is 18.3 Å². The number of benzene rings is 2. The van der Waals surface area contributed by atoms with Gasteiger partial charge in [0.15, 0.2) is 5.16 Å². The number of imidazole rings is 1. The molecule has 0 bridgehead atoms. The summed E-state index contributed by atoms with van der Waals surface area (Å²) in [6, 6.07) is 13.7. The average Bonchev–Trinajstić information content (AvgIpc) is 3.08. The Labute approximate surface area is 160 Å². The molecule has 1 amide bonds. The Morgan fingerprint density at radius 2 is 1.81 bits per heavy atom. The number of aromatic nitrogens is 2. The third-order valence-corrected chi connectivity index (χ3v) is 4.94. The van der Waals surface area contributed by atoms with E-state index in [9.17, 15) is 9.18 Å². The predicted molar refractivity (Wildman–Crippen MR) is 102 cm³/mol. The lowest BCUT2D eigenvalue weighted by Crippen LogP contribution is -2.24. The fourth-order valence-electron chi connectivity index (χ4n) is 2.33. The molecule has 3 aromatic rings. The van der Waals surface area contributed by atoms with Gasteiger partial charge in [-0.25, -0.2) is 9.37 Å². The van der Waals surface area contributed by atoms with Crippen molar-refractivity contribution in [2.75, 3.05) is 5.75 Å². The second kappa shape index (κ2) is 8.87. The standard InChI is InChI=1S/C19H17ClFN3OS/c20-16-5-1-15(2-6-16)12-24-10-9-22-19(24)26-13-18(25)23-11-14-3-7-17(21)8-4-14/h1-10H,11-13H2,(H,23,25). The van der Waals surface area contributed by atoms with Crippen LogP contribution in [-0.2, 0) is 17.9 Å². The van der Waals surface area contributed by atoms with Crippen molar-refractivity contribution in [3.05, 3.63) is 82.9 Å². The van der Waals surface area contributed by atoms with Gasteiger partial charge in [-0.3, -0.25) is 4.79 Å². The number of rotatable bonds is 7. The van der Waals surface area contributed by atoms with Crippen LogP contribution in [0.5, 0.6) is 0 Å². The maximum atomic E-state index is 12.9. The molecule has 0 spiro atoms. The number of carbonyl (C=O) groups is 1. The molecular weight excluding hydrogens is 373 g/mol. The van der Waals surface area contributed by atoms with E-state index in [2.05, 4.69) is 10.3 Å². The lowest BCUT2D eigenvalue weighted by Gasteiger charge is -2.08. The van der Waals surface area contributed by atoms with Gasteiger partial charge in [-0.2, -0.15) is 0 Å². The first-order chi connectivity index (χ1) is 12.6. The summed E-state index contributed by atoms with van der Waals surface area (Å²) in [7, 11) is 0. The van der Waals surface area contributed by atoms with Crippen LogP contribution in [0.4, 0.5) is 4.39 Å².